The minimum atomic E-state index is -0.397. The monoisotopic (exact) mass is 496 g/mol. The quantitative estimate of drug-likeness (QED) is 0.193. The number of esters is 1. The van der Waals surface area contributed by atoms with Gasteiger partial charge in [0.1, 0.15) is 11.5 Å². The smallest absolute Gasteiger partial charge is 0.343 e. The number of benzene rings is 5. The van der Waals surface area contributed by atoms with E-state index in [-0.39, 0.29) is 12.0 Å². The Hall–Kier alpha value is -4.90. The van der Waals surface area contributed by atoms with Crippen LogP contribution < -0.4 is 9.47 Å². The highest BCUT2D eigenvalue weighted by Gasteiger charge is 2.40. The highest BCUT2D eigenvalue weighted by Crippen LogP contribution is 2.47. The number of fused-ring (bicyclic) bond motifs is 4. The van der Waals surface area contributed by atoms with Crippen molar-refractivity contribution in [3.8, 4) is 11.5 Å². The van der Waals surface area contributed by atoms with Gasteiger partial charge in [0.2, 0.25) is 6.23 Å². The molecule has 2 aliphatic heterocycles. The number of carbonyl (C=O) groups excluding carboxylic acids is 1. The first-order chi connectivity index (χ1) is 18.7. The van der Waals surface area contributed by atoms with Crippen LogP contribution in [-0.2, 0) is 0 Å². The zero-order valence-electron chi connectivity index (χ0n) is 20.5. The van der Waals surface area contributed by atoms with Gasteiger partial charge in [0.15, 0.2) is 0 Å². The van der Waals surface area contributed by atoms with Crippen LogP contribution in [0.4, 0.5) is 0 Å². The second-order valence-corrected chi connectivity index (χ2v) is 9.54. The van der Waals surface area contributed by atoms with Gasteiger partial charge in [-0.25, -0.2) is 9.80 Å². The molecule has 0 saturated carbocycles. The van der Waals surface area contributed by atoms with Gasteiger partial charge in [0.05, 0.1) is 17.3 Å². The lowest BCUT2D eigenvalue weighted by Gasteiger charge is -2.38. The van der Waals surface area contributed by atoms with Gasteiger partial charge in [-0.1, -0.05) is 72.8 Å². The summed E-state index contributed by atoms with van der Waals surface area (Å²) < 4.78 is 12.1. The second kappa shape index (κ2) is 9.20. The summed E-state index contributed by atoms with van der Waals surface area (Å²) in [5.74, 6) is 0.968. The molecular formula is C33H24N2O3. The summed E-state index contributed by atoms with van der Waals surface area (Å²) in [6.45, 7) is 0. The molecule has 2 aliphatic rings. The van der Waals surface area contributed by atoms with Gasteiger partial charge < -0.3 is 9.47 Å². The van der Waals surface area contributed by atoms with E-state index in [4.69, 9.17) is 14.6 Å². The predicted octanol–water partition coefficient (Wildman–Crippen LogP) is 7.30. The van der Waals surface area contributed by atoms with Crippen LogP contribution in [0.15, 0.2) is 126 Å². The maximum absolute atomic E-state index is 12.5. The maximum Gasteiger partial charge on any atom is 0.343 e. The summed E-state index contributed by atoms with van der Waals surface area (Å²) in [5, 5.41) is 9.58. The van der Waals surface area contributed by atoms with Crippen molar-refractivity contribution in [2.45, 2.75) is 18.7 Å². The average Bonchev–Trinajstić information content (AvgIpc) is 3.43. The summed E-state index contributed by atoms with van der Waals surface area (Å²) >= 11 is 0. The van der Waals surface area contributed by atoms with Crippen LogP contribution >= 0.6 is 0 Å². The standard InChI is InChI=1S/C33H24N2O3/c36-33(24-9-2-1-3-10-24)37-27-18-16-23(17-19-27)32-35-30(28-12-6-7-13-31(28)38-32)21-29(34-35)26-15-14-22-8-4-5-11-25(22)20-26/h1-20,30,32H,21H2. The summed E-state index contributed by atoms with van der Waals surface area (Å²) in [6, 6.07) is 39.6. The molecule has 5 heteroatoms. The molecule has 5 aromatic rings. The van der Waals surface area contributed by atoms with Crippen molar-refractivity contribution in [3.63, 3.8) is 0 Å². The van der Waals surface area contributed by atoms with E-state index in [1.54, 1.807) is 24.3 Å². The van der Waals surface area contributed by atoms with Gasteiger partial charge in [-0.15, -0.1) is 0 Å². The van der Waals surface area contributed by atoms with Crippen molar-refractivity contribution in [3.05, 3.63) is 144 Å². The zero-order valence-corrected chi connectivity index (χ0v) is 20.5. The van der Waals surface area contributed by atoms with Gasteiger partial charge >= 0.3 is 5.97 Å². The van der Waals surface area contributed by atoms with Gasteiger partial charge in [-0.05, 0) is 64.9 Å². The fourth-order valence-corrected chi connectivity index (χ4v) is 5.24. The first-order valence-corrected chi connectivity index (χ1v) is 12.7. The first kappa shape index (κ1) is 22.3. The Kier molecular flexibility index (Phi) is 5.40. The van der Waals surface area contributed by atoms with Crippen LogP contribution in [0.5, 0.6) is 11.5 Å². The minimum Gasteiger partial charge on any atom is -0.464 e. The Morgan fingerprint density at radius 1 is 0.789 bits per heavy atom. The minimum absolute atomic E-state index is 0.0713. The highest BCUT2D eigenvalue weighted by molar-refractivity contribution is 6.04. The second-order valence-electron chi connectivity index (χ2n) is 9.54. The molecule has 0 N–H and O–H groups in total. The van der Waals surface area contributed by atoms with Crippen LogP contribution in [0.2, 0.25) is 0 Å². The SMILES string of the molecule is O=C(Oc1ccc(C2Oc3ccccc3C3CC(c4ccc5ccccc5c4)=NN32)cc1)c1ccccc1. The molecular weight excluding hydrogens is 472 g/mol. The van der Waals surface area contributed by atoms with Crippen LogP contribution in [0.3, 0.4) is 0 Å². The Morgan fingerprint density at radius 3 is 2.37 bits per heavy atom. The van der Waals surface area contributed by atoms with E-state index in [1.807, 2.05) is 48.5 Å². The summed E-state index contributed by atoms with van der Waals surface area (Å²) in [6.07, 6.45) is 0.397. The molecule has 0 radical (unpaired) electrons. The maximum atomic E-state index is 12.5. The van der Waals surface area contributed by atoms with Crippen molar-refractivity contribution in [2.75, 3.05) is 0 Å². The van der Waals surface area contributed by atoms with Crippen LogP contribution in [-0.4, -0.2) is 16.7 Å². The molecule has 5 nitrogen and oxygen atoms in total. The summed E-state index contributed by atoms with van der Waals surface area (Å²) in [5.41, 5.74) is 4.75. The fraction of sp³-hybridized carbons (Fsp3) is 0.0909. The molecule has 2 atom stereocenters. The van der Waals surface area contributed by atoms with Crippen molar-refractivity contribution in [1.82, 2.24) is 5.01 Å². The summed E-state index contributed by atoms with van der Waals surface area (Å²) in [4.78, 5) is 12.5. The molecule has 7 rings (SSSR count). The van der Waals surface area contributed by atoms with Crippen molar-refractivity contribution in [1.29, 1.82) is 0 Å². The third kappa shape index (κ3) is 3.98. The Morgan fingerprint density at radius 2 is 1.53 bits per heavy atom. The molecule has 0 saturated heterocycles. The lowest BCUT2D eigenvalue weighted by molar-refractivity contribution is -0.0190. The molecule has 0 bridgehead atoms. The lowest BCUT2D eigenvalue weighted by atomic mass is 9.95. The largest absolute Gasteiger partial charge is 0.464 e. The number of rotatable bonds is 4. The van der Waals surface area contributed by atoms with Crippen molar-refractivity contribution >= 4 is 22.5 Å². The van der Waals surface area contributed by atoms with Gasteiger partial charge in [0.25, 0.3) is 0 Å². The topological polar surface area (TPSA) is 51.1 Å². The lowest BCUT2D eigenvalue weighted by Crippen LogP contribution is -2.33. The third-order valence-electron chi connectivity index (χ3n) is 7.17. The van der Waals surface area contributed by atoms with E-state index in [9.17, 15) is 4.79 Å². The van der Waals surface area contributed by atoms with Crippen molar-refractivity contribution < 1.29 is 14.3 Å². The molecule has 184 valence electrons. The third-order valence-corrected chi connectivity index (χ3v) is 7.17. The van der Waals surface area contributed by atoms with Crippen LogP contribution in [0, 0.1) is 0 Å². The van der Waals surface area contributed by atoms with E-state index in [2.05, 4.69) is 53.5 Å². The number of ether oxygens (including phenoxy) is 2. The number of hydrogen-bond donors (Lipinski definition) is 0. The average molecular weight is 497 g/mol. The summed E-state index contributed by atoms with van der Waals surface area (Å²) in [7, 11) is 0. The number of nitrogens with zero attached hydrogens (tertiary/aromatic N) is 2. The van der Waals surface area contributed by atoms with E-state index in [1.165, 1.54) is 10.8 Å². The number of hydrazone groups is 1. The molecule has 5 aromatic carbocycles. The number of hydrogen-bond acceptors (Lipinski definition) is 5. The molecule has 0 aromatic heterocycles. The molecule has 2 unspecified atom stereocenters. The van der Waals surface area contributed by atoms with Crippen LogP contribution in [0.25, 0.3) is 10.8 Å². The van der Waals surface area contributed by atoms with Crippen LogP contribution in [0.1, 0.15) is 45.7 Å². The molecule has 0 amide bonds. The Balaban J connectivity index is 1.20. The molecule has 2 heterocycles. The molecule has 0 spiro atoms. The predicted molar refractivity (Wildman–Crippen MR) is 147 cm³/mol. The Labute approximate surface area is 220 Å². The number of carbonyl (C=O) groups is 1. The fourth-order valence-electron chi connectivity index (χ4n) is 5.24. The van der Waals surface area contributed by atoms with E-state index in [0.717, 1.165) is 34.6 Å². The Bertz CT molecular complexity index is 1680. The number of para-hydroxylation sites is 1. The molecule has 0 fully saturated rings. The van der Waals surface area contributed by atoms with Gasteiger partial charge in [-0.2, -0.15) is 5.10 Å². The first-order valence-electron chi connectivity index (χ1n) is 12.7. The molecule has 38 heavy (non-hydrogen) atoms. The van der Waals surface area contributed by atoms with Gasteiger partial charge in [0, 0.05) is 17.5 Å². The van der Waals surface area contributed by atoms with E-state index < -0.39 is 6.23 Å². The van der Waals surface area contributed by atoms with Gasteiger partial charge in [-0.3, -0.25) is 0 Å². The highest BCUT2D eigenvalue weighted by atomic mass is 16.5. The van der Waals surface area contributed by atoms with Crippen molar-refractivity contribution in [2.24, 2.45) is 5.10 Å². The molecule has 0 aliphatic carbocycles. The van der Waals surface area contributed by atoms with E-state index >= 15 is 0 Å². The van der Waals surface area contributed by atoms with E-state index in [0.29, 0.717) is 11.3 Å². The zero-order chi connectivity index (χ0) is 25.5. The normalized spacial score (nSPS) is 17.8.